The van der Waals surface area contributed by atoms with Crippen LogP contribution in [0.5, 0.6) is 11.5 Å². The van der Waals surface area contributed by atoms with Crippen LogP contribution in [0.15, 0.2) is 48.6 Å². The fraction of sp³-hybridized carbons (Fsp3) is 0.360. The van der Waals surface area contributed by atoms with E-state index in [1.807, 2.05) is 61.2 Å². The number of likely N-dealkylation sites (N-methyl/N-ethyl adjacent to an activating group) is 1. The van der Waals surface area contributed by atoms with E-state index in [1.54, 1.807) is 18.2 Å². The molecule has 2 aromatic rings. The number of hydrogen-bond donors (Lipinski definition) is 3. The number of phenolic OH excluding ortho intramolecular Hbond substituents is 1. The molecule has 7 nitrogen and oxygen atoms in total. The first-order valence-corrected chi connectivity index (χ1v) is 10.7. The van der Waals surface area contributed by atoms with Gasteiger partial charge in [0.05, 0.1) is 5.56 Å². The monoisotopic (exact) mass is 436 g/mol. The lowest BCUT2D eigenvalue weighted by molar-refractivity contribution is -0.129. The number of nitrogens with zero attached hydrogens (tertiary/aromatic N) is 2. The van der Waals surface area contributed by atoms with E-state index in [0.717, 1.165) is 17.7 Å². The molecule has 4 N–H and O–H groups in total. The van der Waals surface area contributed by atoms with Crippen molar-refractivity contribution in [3.05, 3.63) is 54.1 Å². The van der Waals surface area contributed by atoms with Crippen LogP contribution < -0.4 is 10.5 Å². The second-order valence-electron chi connectivity index (χ2n) is 8.71. The SMILES string of the molecule is CN(C)C/C=C/C(=O)N1CCC(C)(Oc2cc(-c3ccc(O)cc3)cc(N)c2C=N)CC1. The van der Waals surface area contributed by atoms with Crippen molar-refractivity contribution >= 4 is 17.8 Å². The first-order chi connectivity index (χ1) is 15.2. The molecule has 0 saturated carbocycles. The van der Waals surface area contributed by atoms with Crippen LogP contribution in [0.4, 0.5) is 5.69 Å². The van der Waals surface area contributed by atoms with Gasteiger partial charge in [-0.25, -0.2) is 0 Å². The Morgan fingerprint density at radius 2 is 1.88 bits per heavy atom. The highest BCUT2D eigenvalue weighted by atomic mass is 16.5. The summed E-state index contributed by atoms with van der Waals surface area (Å²) in [6, 6.07) is 10.6. The summed E-state index contributed by atoms with van der Waals surface area (Å²) in [7, 11) is 3.93. The van der Waals surface area contributed by atoms with E-state index >= 15 is 0 Å². The number of likely N-dealkylation sites (tertiary alicyclic amines) is 1. The molecule has 0 unspecified atom stereocenters. The fourth-order valence-corrected chi connectivity index (χ4v) is 3.75. The second-order valence-corrected chi connectivity index (χ2v) is 8.71. The number of carbonyl (C=O) groups excluding carboxylic acids is 1. The topological polar surface area (TPSA) is 103 Å². The first kappa shape index (κ1) is 23.3. The van der Waals surface area contributed by atoms with Gasteiger partial charge in [0.15, 0.2) is 0 Å². The maximum absolute atomic E-state index is 12.4. The van der Waals surface area contributed by atoms with Gasteiger partial charge < -0.3 is 30.8 Å². The Labute approximate surface area is 189 Å². The number of hydrogen-bond acceptors (Lipinski definition) is 6. The lowest BCUT2D eigenvalue weighted by atomic mass is 9.92. The number of phenols is 1. The van der Waals surface area contributed by atoms with Gasteiger partial charge in [-0.3, -0.25) is 4.79 Å². The van der Waals surface area contributed by atoms with Gasteiger partial charge in [0.2, 0.25) is 5.91 Å². The molecule has 3 rings (SSSR count). The maximum Gasteiger partial charge on any atom is 0.246 e. The molecule has 1 amide bonds. The number of rotatable bonds is 7. The Bertz CT molecular complexity index is 991. The number of piperidine rings is 1. The third-order valence-electron chi connectivity index (χ3n) is 5.74. The van der Waals surface area contributed by atoms with Crippen molar-refractivity contribution in [3.63, 3.8) is 0 Å². The second kappa shape index (κ2) is 9.87. The highest BCUT2D eigenvalue weighted by molar-refractivity contribution is 5.91. The molecule has 1 aliphatic heterocycles. The summed E-state index contributed by atoms with van der Waals surface area (Å²) in [6.45, 7) is 3.98. The number of nitrogen functional groups attached to an aromatic ring is 1. The van der Waals surface area contributed by atoms with E-state index in [-0.39, 0.29) is 11.7 Å². The summed E-state index contributed by atoms with van der Waals surface area (Å²) < 4.78 is 6.43. The zero-order valence-corrected chi connectivity index (χ0v) is 19.0. The zero-order chi connectivity index (χ0) is 23.3. The predicted octanol–water partition coefficient (Wildman–Crippen LogP) is 3.52. The van der Waals surface area contributed by atoms with Gasteiger partial charge in [0, 0.05) is 50.5 Å². The van der Waals surface area contributed by atoms with E-state index in [9.17, 15) is 9.90 Å². The molecule has 7 heteroatoms. The van der Waals surface area contributed by atoms with Gasteiger partial charge in [0.1, 0.15) is 17.1 Å². The van der Waals surface area contributed by atoms with Crippen LogP contribution in [0.2, 0.25) is 0 Å². The van der Waals surface area contributed by atoms with Crippen LogP contribution in [0, 0.1) is 5.41 Å². The van der Waals surface area contributed by atoms with Crippen molar-refractivity contribution < 1.29 is 14.6 Å². The van der Waals surface area contributed by atoms with E-state index in [2.05, 4.69) is 0 Å². The number of nitrogens with two attached hydrogens (primary N) is 1. The summed E-state index contributed by atoms with van der Waals surface area (Å²) in [6.07, 6.45) is 6.09. The Balaban J connectivity index is 1.75. The van der Waals surface area contributed by atoms with Crippen molar-refractivity contribution in [3.8, 4) is 22.6 Å². The minimum absolute atomic E-state index is 0.0210. The number of amides is 1. The van der Waals surface area contributed by atoms with E-state index in [1.165, 1.54) is 6.21 Å². The third kappa shape index (κ3) is 5.68. The van der Waals surface area contributed by atoms with Crippen LogP contribution in [0.3, 0.4) is 0 Å². The van der Waals surface area contributed by atoms with E-state index in [4.69, 9.17) is 15.9 Å². The number of benzene rings is 2. The molecule has 0 atom stereocenters. The molecular formula is C25H32N4O3. The average molecular weight is 437 g/mol. The standard InChI is InChI=1S/C25H32N4O3/c1-25(10-13-29(14-11-25)24(31)5-4-12-28(2)3)32-23-16-19(15-22(27)21(23)17-26)18-6-8-20(30)9-7-18/h4-9,15-17,26,30H,10-14,27H2,1-3H3/b5-4+,26-17?. The quantitative estimate of drug-likeness (QED) is 0.350. The zero-order valence-electron chi connectivity index (χ0n) is 19.0. The van der Waals surface area contributed by atoms with Crippen molar-refractivity contribution in [2.45, 2.75) is 25.4 Å². The van der Waals surface area contributed by atoms with Crippen LogP contribution in [0.1, 0.15) is 25.3 Å². The first-order valence-electron chi connectivity index (χ1n) is 10.7. The minimum atomic E-state index is -0.470. The molecule has 0 aromatic heterocycles. The van der Waals surface area contributed by atoms with Gasteiger partial charge in [-0.15, -0.1) is 0 Å². The van der Waals surface area contributed by atoms with Crippen LogP contribution in [-0.2, 0) is 4.79 Å². The van der Waals surface area contributed by atoms with E-state index < -0.39 is 5.60 Å². The molecule has 2 aromatic carbocycles. The molecule has 0 bridgehead atoms. The van der Waals surface area contributed by atoms with Gasteiger partial charge in [0.25, 0.3) is 0 Å². The summed E-state index contributed by atoms with van der Waals surface area (Å²) in [5, 5.41) is 17.4. The summed E-state index contributed by atoms with van der Waals surface area (Å²) in [5.41, 5.74) is 8.51. The lowest BCUT2D eigenvalue weighted by Crippen LogP contribution is -2.47. The van der Waals surface area contributed by atoms with Gasteiger partial charge >= 0.3 is 0 Å². The van der Waals surface area contributed by atoms with Crippen molar-refractivity contribution in [1.29, 1.82) is 5.41 Å². The largest absolute Gasteiger partial charge is 0.508 e. The molecule has 1 saturated heterocycles. The smallest absolute Gasteiger partial charge is 0.246 e. The molecular weight excluding hydrogens is 404 g/mol. The average Bonchev–Trinajstić information content (AvgIpc) is 2.74. The van der Waals surface area contributed by atoms with Gasteiger partial charge in [-0.1, -0.05) is 18.2 Å². The van der Waals surface area contributed by atoms with Gasteiger partial charge in [-0.2, -0.15) is 0 Å². The Hall–Kier alpha value is -3.32. The van der Waals surface area contributed by atoms with Crippen LogP contribution >= 0.6 is 0 Å². The third-order valence-corrected chi connectivity index (χ3v) is 5.74. The molecule has 32 heavy (non-hydrogen) atoms. The Morgan fingerprint density at radius 3 is 2.47 bits per heavy atom. The number of carbonyl (C=O) groups is 1. The molecule has 0 radical (unpaired) electrons. The van der Waals surface area contributed by atoms with Crippen LogP contribution in [0.25, 0.3) is 11.1 Å². The number of anilines is 1. The minimum Gasteiger partial charge on any atom is -0.508 e. The normalized spacial score (nSPS) is 15.8. The Kier molecular flexibility index (Phi) is 7.20. The lowest BCUT2D eigenvalue weighted by Gasteiger charge is -2.39. The van der Waals surface area contributed by atoms with Crippen molar-refractivity contribution in [2.24, 2.45) is 0 Å². The van der Waals surface area contributed by atoms with Crippen LogP contribution in [-0.4, -0.2) is 66.4 Å². The fourth-order valence-electron chi connectivity index (χ4n) is 3.75. The maximum atomic E-state index is 12.4. The Morgan fingerprint density at radius 1 is 1.22 bits per heavy atom. The molecule has 0 spiro atoms. The molecule has 1 fully saturated rings. The highest BCUT2D eigenvalue weighted by Crippen LogP contribution is 2.36. The molecule has 170 valence electrons. The summed E-state index contributed by atoms with van der Waals surface area (Å²) in [4.78, 5) is 16.3. The number of nitrogens with one attached hydrogen (secondary N) is 1. The summed E-state index contributed by atoms with van der Waals surface area (Å²) in [5.74, 6) is 0.767. The number of ether oxygens (including phenoxy) is 1. The van der Waals surface area contributed by atoms with Crippen molar-refractivity contribution in [1.82, 2.24) is 9.80 Å². The number of aromatic hydroxyl groups is 1. The van der Waals surface area contributed by atoms with Crippen molar-refractivity contribution in [2.75, 3.05) is 39.5 Å². The molecule has 0 aliphatic carbocycles. The van der Waals surface area contributed by atoms with Gasteiger partial charge in [-0.05, 0) is 56.4 Å². The van der Waals surface area contributed by atoms with E-state index in [0.29, 0.717) is 42.9 Å². The molecule has 1 aliphatic rings. The molecule has 1 heterocycles. The predicted molar refractivity (Wildman–Crippen MR) is 128 cm³/mol. The highest BCUT2D eigenvalue weighted by Gasteiger charge is 2.34. The summed E-state index contributed by atoms with van der Waals surface area (Å²) >= 11 is 0.